The number of hydrogen-bond acceptors (Lipinski definition) is 12. The molecule has 3 atom stereocenters. The van der Waals surface area contributed by atoms with Crippen LogP contribution >= 0.6 is 0 Å². The fourth-order valence-electron chi connectivity index (χ4n) is 4.75. The zero-order valence-corrected chi connectivity index (χ0v) is 34.6. The van der Waals surface area contributed by atoms with Crippen LogP contribution in [0.1, 0.15) is 87.8 Å². The van der Waals surface area contributed by atoms with Gasteiger partial charge in [0.15, 0.2) is 0 Å². The smallest absolute Gasteiger partial charge is 0.320 e. The Hall–Kier alpha value is -5.64. The van der Waals surface area contributed by atoms with E-state index in [2.05, 4.69) is 15.5 Å². The Bertz CT molecular complexity index is 1650. The van der Waals surface area contributed by atoms with E-state index in [1.165, 1.54) is 11.1 Å². The second-order valence-electron chi connectivity index (χ2n) is 14.2. The lowest BCUT2D eigenvalue weighted by molar-refractivity contribution is -0.139. The summed E-state index contributed by atoms with van der Waals surface area (Å²) < 4.78 is 0. The van der Waals surface area contributed by atoms with Gasteiger partial charge in [0.25, 0.3) is 0 Å². The van der Waals surface area contributed by atoms with Crippen LogP contribution in [0.5, 0.6) is 0 Å². The van der Waals surface area contributed by atoms with Gasteiger partial charge in [-0.2, -0.15) is 0 Å². The molecule has 0 amide bonds. The molecule has 0 aliphatic heterocycles. The molecule has 0 aromatic heterocycles. The topological polar surface area (TPSA) is 255 Å². The van der Waals surface area contributed by atoms with E-state index in [9.17, 15) is 14.4 Å². The third kappa shape index (κ3) is 24.8. The highest BCUT2D eigenvalue weighted by atomic mass is 16.6. The van der Waals surface area contributed by atoms with Crippen LogP contribution in [0.25, 0.3) is 0 Å². The molecule has 0 saturated carbocycles. The lowest BCUT2D eigenvalue weighted by Crippen LogP contribution is -2.32. The molecule has 9 N–H and O–H groups in total. The summed E-state index contributed by atoms with van der Waals surface area (Å²) in [5, 5.41) is 37.8. The van der Waals surface area contributed by atoms with Crippen LogP contribution in [0.2, 0.25) is 0 Å². The van der Waals surface area contributed by atoms with Crippen molar-refractivity contribution in [3.63, 3.8) is 0 Å². The summed E-state index contributed by atoms with van der Waals surface area (Å²) in [6.07, 6.45) is 4.62. The third-order valence-electron chi connectivity index (χ3n) is 7.76. The molecule has 3 rings (SSSR count). The second-order valence-corrected chi connectivity index (χ2v) is 14.2. The minimum Gasteiger partial charge on any atom is -0.480 e. The average molecular weight is 807 g/mol. The number of aliphatic carboxylic acids is 3. The molecule has 3 unspecified atom stereocenters. The molecular formula is C43H62N6O9. The van der Waals surface area contributed by atoms with E-state index in [1.807, 2.05) is 114 Å². The van der Waals surface area contributed by atoms with Crippen molar-refractivity contribution in [1.29, 1.82) is 0 Å². The van der Waals surface area contributed by atoms with Crippen LogP contribution in [-0.2, 0) is 67.6 Å². The van der Waals surface area contributed by atoms with E-state index in [0.29, 0.717) is 39.1 Å². The number of benzene rings is 3. The Labute approximate surface area is 341 Å². The molecule has 58 heavy (non-hydrogen) atoms. The summed E-state index contributed by atoms with van der Waals surface area (Å²) in [6.45, 7) is 12.9. The monoisotopic (exact) mass is 806 g/mol. The summed E-state index contributed by atoms with van der Waals surface area (Å²) in [5.74, 6) is -2.94. The van der Waals surface area contributed by atoms with Crippen molar-refractivity contribution in [3.05, 3.63) is 106 Å². The zero-order valence-electron chi connectivity index (χ0n) is 34.6. The highest BCUT2D eigenvalue weighted by Gasteiger charge is 2.13. The van der Waals surface area contributed by atoms with Crippen LogP contribution in [0.3, 0.4) is 0 Å². The first-order valence-electron chi connectivity index (χ1n) is 19.0. The molecule has 0 fully saturated rings. The van der Waals surface area contributed by atoms with Gasteiger partial charge in [0.2, 0.25) is 0 Å². The Morgan fingerprint density at radius 2 is 0.724 bits per heavy atom. The molecule has 318 valence electrons. The Balaban J connectivity index is 0.000000436. The number of aryl methyl sites for hydroxylation is 2. The van der Waals surface area contributed by atoms with Crippen LogP contribution in [0, 0.1) is 0 Å². The predicted octanol–water partition coefficient (Wildman–Crippen LogP) is 5.53. The molecule has 3 aromatic carbocycles. The van der Waals surface area contributed by atoms with E-state index < -0.39 is 36.0 Å². The number of nitrogens with two attached hydrogens (primary N) is 3. The minimum absolute atomic E-state index is 0.322. The number of carbonyl (C=O) groups is 3. The number of oxime groups is 3. The maximum atomic E-state index is 10.7. The molecule has 0 heterocycles. The largest absolute Gasteiger partial charge is 0.480 e. The summed E-state index contributed by atoms with van der Waals surface area (Å²) in [5.41, 5.74) is 25.3. The minimum atomic E-state index is -0.991. The Morgan fingerprint density at radius 1 is 0.466 bits per heavy atom. The van der Waals surface area contributed by atoms with Gasteiger partial charge < -0.3 is 47.0 Å². The van der Waals surface area contributed by atoms with Gasteiger partial charge in [0.1, 0.15) is 37.9 Å². The molecule has 0 spiro atoms. The highest BCUT2D eigenvalue weighted by Crippen LogP contribution is 2.11. The molecule has 15 heteroatoms. The molecule has 0 saturated heterocycles. The normalized spacial score (nSPS) is 11.7. The summed E-state index contributed by atoms with van der Waals surface area (Å²) in [7, 11) is 0. The van der Waals surface area contributed by atoms with Gasteiger partial charge in [-0.3, -0.25) is 14.4 Å². The number of carboxylic acids is 3. The van der Waals surface area contributed by atoms with Gasteiger partial charge in [-0.25, -0.2) is 0 Å². The van der Waals surface area contributed by atoms with Gasteiger partial charge in [-0.1, -0.05) is 88.3 Å². The van der Waals surface area contributed by atoms with Gasteiger partial charge >= 0.3 is 17.9 Å². The van der Waals surface area contributed by atoms with Gasteiger partial charge in [0.05, 0.1) is 17.1 Å². The fourth-order valence-corrected chi connectivity index (χ4v) is 4.75. The van der Waals surface area contributed by atoms with Gasteiger partial charge in [-0.15, -0.1) is 0 Å². The second kappa shape index (κ2) is 28.7. The lowest BCUT2D eigenvalue weighted by atomic mass is 10.0. The standard InChI is InChI=1S/2C15H22N2O3.C13H18N2O3/c2*1-11(2)17-20-9-3-4-12-5-7-13(8-6-12)10-14(16)15(18)19;1-9(2)15-18-8-11-5-3-10(4-6-11)7-12(14)13(16)17/h2*5-8,14H,3-4,9-10,16H2,1-2H3,(H,18,19);3-6,12H,7-8,14H2,1-2H3,(H,16,17). The Kier molecular flexibility index (Phi) is 24.9. The quantitative estimate of drug-likeness (QED) is 0.0417. The first kappa shape index (κ1) is 50.4. The molecule has 0 aliphatic carbocycles. The van der Waals surface area contributed by atoms with Crippen molar-refractivity contribution >= 4 is 35.0 Å². The number of rotatable bonds is 22. The zero-order chi connectivity index (χ0) is 43.5. The number of nitrogens with zero attached hydrogens (tertiary/aromatic N) is 3. The van der Waals surface area contributed by atoms with E-state index >= 15 is 0 Å². The summed E-state index contributed by atoms with van der Waals surface area (Å²) in [4.78, 5) is 47.3. The summed E-state index contributed by atoms with van der Waals surface area (Å²) in [6, 6.07) is 20.6. The first-order chi connectivity index (χ1) is 27.5. The van der Waals surface area contributed by atoms with Crippen LogP contribution in [0.15, 0.2) is 88.3 Å². The van der Waals surface area contributed by atoms with Crippen molar-refractivity contribution in [2.24, 2.45) is 32.7 Å². The van der Waals surface area contributed by atoms with Crippen LogP contribution in [0.4, 0.5) is 0 Å². The molecular weight excluding hydrogens is 745 g/mol. The van der Waals surface area contributed by atoms with E-state index in [4.69, 9.17) is 47.0 Å². The molecule has 15 nitrogen and oxygen atoms in total. The van der Waals surface area contributed by atoms with Gasteiger partial charge in [-0.05, 0) is 120 Å². The van der Waals surface area contributed by atoms with Crippen molar-refractivity contribution in [3.8, 4) is 0 Å². The van der Waals surface area contributed by atoms with E-state index in [0.717, 1.165) is 65.1 Å². The number of carboxylic acid groups (broad SMARTS) is 3. The molecule has 0 aliphatic rings. The molecule has 0 radical (unpaired) electrons. The van der Waals surface area contributed by atoms with Crippen molar-refractivity contribution in [1.82, 2.24) is 0 Å². The third-order valence-corrected chi connectivity index (χ3v) is 7.76. The van der Waals surface area contributed by atoms with Gasteiger partial charge in [0, 0.05) is 0 Å². The highest BCUT2D eigenvalue weighted by molar-refractivity contribution is 5.79. The van der Waals surface area contributed by atoms with Crippen LogP contribution < -0.4 is 17.2 Å². The van der Waals surface area contributed by atoms with Crippen molar-refractivity contribution < 1.29 is 44.2 Å². The van der Waals surface area contributed by atoms with Crippen molar-refractivity contribution in [2.75, 3.05) is 13.2 Å². The maximum absolute atomic E-state index is 10.7. The van der Waals surface area contributed by atoms with Crippen molar-refractivity contribution in [2.45, 2.75) is 111 Å². The SMILES string of the molecule is CC(C)=NOCCCc1ccc(CC(N)C(=O)O)cc1.CC(C)=NOCCCc1ccc(CC(N)C(=O)O)cc1.CC(C)=NOCc1ccc(CC(N)C(=O)O)cc1. The average Bonchev–Trinajstić information content (AvgIpc) is 3.16. The molecule has 3 aromatic rings. The predicted molar refractivity (Wildman–Crippen MR) is 227 cm³/mol. The number of hydrogen-bond donors (Lipinski definition) is 6. The van der Waals surface area contributed by atoms with Crippen LogP contribution in [-0.4, -0.2) is 81.7 Å². The lowest BCUT2D eigenvalue weighted by Gasteiger charge is -2.07. The fraction of sp³-hybridized carbons (Fsp3) is 0.442. The first-order valence-corrected chi connectivity index (χ1v) is 19.0. The summed E-state index contributed by atoms with van der Waals surface area (Å²) >= 11 is 0. The van der Waals surface area contributed by atoms with E-state index in [1.54, 1.807) is 0 Å². The Morgan fingerprint density at radius 3 is 1.00 bits per heavy atom. The molecule has 0 bridgehead atoms. The maximum Gasteiger partial charge on any atom is 0.320 e. The van der Waals surface area contributed by atoms with E-state index in [-0.39, 0.29) is 0 Å².